The van der Waals surface area contributed by atoms with Gasteiger partial charge in [0.25, 0.3) is 0 Å². The Labute approximate surface area is 112 Å². The molecule has 0 bridgehead atoms. The maximum absolute atomic E-state index is 12.5. The van der Waals surface area contributed by atoms with Crippen molar-refractivity contribution >= 4 is 5.91 Å². The number of nitrogens with zero attached hydrogens (tertiary/aromatic N) is 1. The zero-order valence-corrected chi connectivity index (χ0v) is 12.1. The number of amides is 1. The van der Waals surface area contributed by atoms with E-state index in [2.05, 4.69) is 0 Å². The summed E-state index contributed by atoms with van der Waals surface area (Å²) in [7, 11) is 0. The first-order valence-corrected chi connectivity index (χ1v) is 6.65. The molecule has 0 aromatic heterocycles. The lowest BCUT2D eigenvalue weighted by Crippen LogP contribution is -2.45. The van der Waals surface area contributed by atoms with Crippen molar-refractivity contribution in [2.75, 3.05) is 0 Å². The van der Waals surface area contributed by atoms with Gasteiger partial charge in [-0.3, -0.25) is 4.79 Å². The van der Waals surface area contributed by atoms with Crippen LogP contribution >= 0.6 is 0 Å². The van der Waals surface area contributed by atoms with Crippen LogP contribution in [0, 0.1) is 5.92 Å². The van der Waals surface area contributed by atoms with Gasteiger partial charge in [-0.2, -0.15) is 0 Å². The van der Waals surface area contributed by atoms with E-state index < -0.39 is 6.40 Å². The van der Waals surface area contributed by atoms with Gasteiger partial charge in [-0.05, 0) is 39.7 Å². The quantitative estimate of drug-likeness (QED) is 0.781. The molecule has 1 aromatic rings. The van der Waals surface area contributed by atoms with Crippen LogP contribution in [0.1, 0.15) is 41.6 Å². The number of hydrogen-bond donors (Lipinski definition) is 0. The third-order valence-corrected chi connectivity index (χ3v) is 3.00. The van der Waals surface area contributed by atoms with Gasteiger partial charge in [-0.1, -0.05) is 37.3 Å². The molecule has 0 radical (unpaired) electrons. The van der Waals surface area contributed by atoms with E-state index in [0.717, 1.165) is 5.56 Å². The second kappa shape index (κ2) is 6.58. The van der Waals surface area contributed by atoms with Gasteiger partial charge in [0, 0.05) is 19.4 Å². The van der Waals surface area contributed by atoms with Crippen molar-refractivity contribution in [2.45, 2.75) is 53.1 Å². The Hall–Kier alpha value is -1.31. The molecule has 100 valence electrons. The number of rotatable bonds is 5. The molecule has 2 heteroatoms. The molecule has 1 aromatic carbocycles. The van der Waals surface area contributed by atoms with Crippen molar-refractivity contribution in [1.29, 1.82) is 0 Å². The smallest absolute Gasteiger partial charge is 0.226 e. The Bertz CT molecular complexity index is 394. The summed E-state index contributed by atoms with van der Waals surface area (Å²) in [6.07, 6.45) is -0.506. The van der Waals surface area contributed by atoms with E-state index in [-0.39, 0.29) is 23.9 Å². The van der Waals surface area contributed by atoms with Gasteiger partial charge < -0.3 is 4.90 Å². The number of hydrogen-bond acceptors (Lipinski definition) is 1. The first-order valence-electron chi connectivity index (χ1n) is 7.23. The van der Waals surface area contributed by atoms with Crippen LogP contribution in [0.3, 0.4) is 0 Å². The second-order valence-electron chi connectivity index (χ2n) is 5.30. The van der Waals surface area contributed by atoms with E-state index in [9.17, 15) is 4.79 Å². The second-order valence-corrected chi connectivity index (χ2v) is 5.30. The predicted octanol–water partition coefficient (Wildman–Crippen LogP) is 3.51. The van der Waals surface area contributed by atoms with Crippen molar-refractivity contribution in [2.24, 2.45) is 5.92 Å². The molecule has 18 heavy (non-hydrogen) atoms. The van der Waals surface area contributed by atoms with E-state index in [4.69, 9.17) is 1.37 Å². The van der Waals surface area contributed by atoms with Crippen LogP contribution < -0.4 is 0 Å². The minimum absolute atomic E-state index is 0.0638. The first kappa shape index (κ1) is 13.1. The fourth-order valence-corrected chi connectivity index (χ4v) is 2.26. The molecule has 1 amide bonds. The molecule has 2 nitrogen and oxygen atoms in total. The van der Waals surface area contributed by atoms with Crippen LogP contribution in [0.25, 0.3) is 0 Å². The summed E-state index contributed by atoms with van der Waals surface area (Å²) in [5.41, 5.74) is 0.899. The molecule has 0 saturated heterocycles. The number of benzene rings is 1. The molecule has 0 aliphatic carbocycles. The van der Waals surface area contributed by atoms with Gasteiger partial charge >= 0.3 is 0 Å². The molecule has 0 aliphatic heterocycles. The van der Waals surface area contributed by atoms with Gasteiger partial charge in [-0.15, -0.1) is 0 Å². The summed E-state index contributed by atoms with van der Waals surface area (Å²) in [5, 5.41) is 0. The summed E-state index contributed by atoms with van der Waals surface area (Å²) in [6.45, 7) is 9.93. The van der Waals surface area contributed by atoms with E-state index >= 15 is 0 Å². The van der Waals surface area contributed by atoms with Crippen molar-refractivity contribution in [3.63, 3.8) is 0 Å². The SMILES string of the molecule is [2H][C@@H](c1ccccc1)[C@H](C)C(=O)N(C(C)C)C(C)C. The van der Waals surface area contributed by atoms with Crippen LogP contribution in [0.4, 0.5) is 0 Å². The number of carbonyl (C=O) groups is 1. The Morgan fingerprint density at radius 1 is 1.11 bits per heavy atom. The standard InChI is InChI=1S/C16H25NO/c1-12(2)17(13(3)4)16(18)14(5)11-15-9-7-6-8-10-15/h6-10,12-14H,11H2,1-5H3/t14-/m0/s1/i11D/t11-,14+/m1. The zero-order valence-electron chi connectivity index (χ0n) is 13.1. The van der Waals surface area contributed by atoms with Crippen molar-refractivity contribution in [3.05, 3.63) is 35.9 Å². The topological polar surface area (TPSA) is 20.3 Å². The average Bonchev–Trinajstić information content (AvgIpc) is 2.37. The number of carbonyl (C=O) groups excluding carboxylic acids is 1. The molecule has 0 N–H and O–H groups in total. The average molecular weight is 248 g/mol. The van der Waals surface area contributed by atoms with Gasteiger partial charge in [0.15, 0.2) is 0 Å². The molecule has 0 heterocycles. The van der Waals surface area contributed by atoms with Crippen molar-refractivity contribution in [3.8, 4) is 0 Å². The Balaban J connectivity index is 2.87. The van der Waals surface area contributed by atoms with Gasteiger partial charge in [0.1, 0.15) is 0 Å². The summed E-state index contributed by atoms with van der Waals surface area (Å²) in [6, 6.07) is 9.91. The minimum atomic E-state index is -0.506. The normalized spacial score (nSPS) is 15.4. The third-order valence-electron chi connectivity index (χ3n) is 3.00. The Kier molecular flexibility index (Phi) is 4.80. The van der Waals surface area contributed by atoms with Crippen LogP contribution in [-0.2, 0) is 11.2 Å². The highest BCUT2D eigenvalue weighted by atomic mass is 16.2. The largest absolute Gasteiger partial charge is 0.338 e. The van der Waals surface area contributed by atoms with Gasteiger partial charge in [0.2, 0.25) is 5.91 Å². The van der Waals surface area contributed by atoms with E-state index in [1.807, 2.05) is 69.9 Å². The molecular formula is C16H25NO. The van der Waals surface area contributed by atoms with Gasteiger partial charge in [0.05, 0.1) is 0 Å². The Morgan fingerprint density at radius 3 is 2.06 bits per heavy atom. The molecule has 0 unspecified atom stereocenters. The highest BCUT2D eigenvalue weighted by Gasteiger charge is 2.24. The monoisotopic (exact) mass is 248 g/mol. The third kappa shape index (κ3) is 3.86. The lowest BCUT2D eigenvalue weighted by atomic mass is 9.98. The fraction of sp³-hybridized carbons (Fsp3) is 0.562. The van der Waals surface area contributed by atoms with E-state index in [1.54, 1.807) is 0 Å². The van der Waals surface area contributed by atoms with Crippen LogP contribution in [-0.4, -0.2) is 22.9 Å². The van der Waals surface area contributed by atoms with Crippen molar-refractivity contribution < 1.29 is 6.17 Å². The summed E-state index contributed by atoms with van der Waals surface area (Å²) in [4.78, 5) is 14.4. The molecule has 0 saturated carbocycles. The molecule has 1 rings (SSSR count). The fourth-order valence-electron chi connectivity index (χ4n) is 2.26. The molecule has 0 aliphatic rings. The van der Waals surface area contributed by atoms with Crippen molar-refractivity contribution in [1.82, 2.24) is 4.90 Å². The predicted molar refractivity (Wildman–Crippen MR) is 76.4 cm³/mol. The van der Waals surface area contributed by atoms with Crippen LogP contribution in [0.15, 0.2) is 30.3 Å². The first-order chi connectivity index (χ1) is 8.86. The summed E-state index contributed by atoms with van der Waals surface area (Å²) >= 11 is 0. The zero-order chi connectivity index (χ0) is 14.6. The van der Waals surface area contributed by atoms with Crippen LogP contribution in [0.5, 0.6) is 0 Å². The summed E-state index contributed by atoms with van der Waals surface area (Å²) < 4.78 is 8.28. The maximum atomic E-state index is 12.5. The molecule has 0 spiro atoms. The molecular weight excluding hydrogens is 222 g/mol. The molecule has 2 atom stereocenters. The highest BCUT2D eigenvalue weighted by molar-refractivity contribution is 5.79. The lowest BCUT2D eigenvalue weighted by Gasteiger charge is -2.33. The summed E-state index contributed by atoms with van der Waals surface area (Å²) in [5.74, 6) is -0.263. The van der Waals surface area contributed by atoms with E-state index in [0.29, 0.717) is 0 Å². The lowest BCUT2D eigenvalue weighted by molar-refractivity contribution is -0.138. The highest BCUT2D eigenvalue weighted by Crippen LogP contribution is 2.15. The van der Waals surface area contributed by atoms with E-state index in [1.165, 1.54) is 0 Å². The minimum Gasteiger partial charge on any atom is -0.338 e. The molecule has 0 fully saturated rings. The van der Waals surface area contributed by atoms with Crippen LogP contribution in [0.2, 0.25) is 0 Å². The Morgan fingerprint density at radius 2 is 1.61 bits per heavy atom. The maximum Gasteiger partial charge on any atom is 0.226 e. The van der Waals surface area contributed by atoms with Gasteiger partial charge in [-0.25, -0.2) is 0 Å².